The molecular formula is C7H9NO3. The van der Waals surface area contributed by atoms with E-state index in [2.05, 4.69) is 0 Å². The molecule has 4 heteroatoms. The number of aliphatic carboxylic acids is 1. The van der Waals surface area contributed by atoms with Crippen molar-refractivity contribution in [3.05, 3.63) is 17.4 Å². The van der Waals surface area contributed by atoms with Crippen LogP contribution in [0.15, 0.2) is 10.5 Å². The molecule has 1 rings (SSSR count). The number of hydrogen-bond donors (Lipinski definition) is 2. The third kappa shape index (κ3) is 1.73. The topological polar surface area (TPSA) is 76.5 Å². The zero-order chi connectivity index (χ0) is 8.43. The van der Waals surface area contributed by atoms with Gasteiger partial charge in [-0.2, -0.15) is 0 Å². The second kappa shape index (κ2) is 2.65. The second-order valence-corrected chi connectivity index (χ2v) is 2.30. The number of carboxylic acid groups (broad SMARTS) is 1. The molecule has 11 heavy (non-hydrogen) atoms. The SMILES string of the molecule is Cc1oc(N)cc1CC(=O)O. The summed E-state index contributed by atoms with van der Waals surface area (Å²) in [6.45, 7) is 1.69. The Bertz CT molecular complexity index is 277. The van der Waals surface area contributed by atoms with E-state index in [1.54, 1.807) is 6.92 Å². The third-order valence-electron chi connectivity index (χ3n) is 1.38. The standard InChI is InChI=1S/C7H9NO3/c1-4-5(3-7(9)10)2-6(8)11-4/h2H,3,8H2,1H3,(H,9,10). The zero-order valence-corrected chi connectivity index (χ0v) is 6.13. The van der Waals surface area contributed by atoms with Crippen LogP contribution in [-0.4, -0.2) is 11.1 Å². The Morgan fingerprint density at radius 2 is 2.45 bits per heavy atom. The smallest absolute Gasteiger partial charge is 0.307 e. The van der Waals surface area contributed by atoms with Gasteiger partial charge in [-0.15, -0.1) is 0 Å². The van der Waals surface area contributed by atoms with Crippen molar-refractivity contribution in [2.45, 2.75) is 13.3 Å². The van der Waals surface area contributed by atoms with Gasteiger partial charge in [-0.1, -0.05) is 0 Å². The van der Waals surface area contributed by atoms with Gasteiger partial charge < -0.3 is 15.3 Å². The summed E-state index contributed by atoms with van der Waals surface area (Å²) in [5.74, 6) is -0.0439. The van der Waals surface area contributed by atoms with E-state index >= 15 is 0 Å². The number of anilines is 1. The van der Waals surface area contributed by atoms with Gasteiger partial charge in [0.25, 0.3) is 0 Å². The van der Waals surface area contributed by atoms with E-state index < -0.39 is 5.97 Å². The van der Waals surface area contributed by atoms with Gasteiger partial charge in [0.05, 0.1) is 6.42 Å². The molecule has 0 saturated carbocycles. The number of nitrogens with two attached hydrogens (primary N) is 1. The molecule has 0 bridgehead atoms. The molecule has 0 aliphatic rings. The minimum absolute atomic E-state index is 0.0352. The number of furan rings is 1. The van der Waals surface area contributed by atoms with Gasteiger partial charge >= 0.3 is 5.97 Å². The summed E-state index contributed by atoms with van der Waals surface area (Å²) in [6, 6.07) is 1.53. The van der Waals surface area contributed by atoms with Gasteiger partial charge in [0.1, 0.15) is 5.76 Å². The number of hydrogen-bond acceptors (Lipinski definition) is 3. The molecule has 3 N–H and O–H groups in total. The molecule has 0 radical (unpaired) electrons. The van der Waals surface area contributed by atoms with Crippen molar-refractivity contribution in [1.29, 1.82) is 0 Å². The van der Waals surface area contributed by atoms with Crippen LogP contribution < -0.4 is 5.73 Å². The molecule has 1 aromatic heterocycles. The molecule has 0 amide bonds. The van der Waals surface area contributed by atoms with Gasteiger partial charge in [0, 0.05) is 11.6 Å². The lowest BCUT2D eigenvalue weighted by Gasteiger charge is -1.89. The van der Waals surface area contributed by atoms with E-state index in [1.807, 2.05) is 0 Å². The molecule has 0 unspecified atom stereocenters. The minimum Gasteiger partial charge on any atom is -0.481 e. The monoisotopic (exact) mass is 155 g/mol. The second-order valence-electron chi connectivity index (χ2n) is 2.30. The quantitative estimate of drug-likeness (QED) is 0.662. The highest BCUT2D eigenvalue weighted by Gasteiger charge is 2.08. The van der Waals surface area contributed by atoms with Crippen LogP contribution in [-0.2, 0) is 11.2 Å². The Morgan fingerprint density at radius 1 is 1.82 bits per heavy atom. The highest BCUT2D eigenvalue weighted by molar-refractivity contribution is 5.70. The van der Waals surface area contributed by atoms with Crippen LogP contribution in [0.1, 0.15) is 11.3 Å². The maximum absolute atomic E-state index is 10.2. The Morgan fingerprint density at radius 3 is 2.82 bits per heavy atom. The molecule has 0 saturated heterocycles. The van der Waals surface area contributed by atoms with E-state index in [0.717, 1.165) is 0 Å². The fourth-order valence-corrected chi connectivity index (χ4v) is 0.884. The molecule has 60 valence electrons. The van der Waals surface area contributed by atoms with Crippen molar-refractivity contribution in [2.75, 3.05) is 5.73 Å². The van der Waals surface area contributed by atoms with Crippen LogP contribution in [0.25, 0.3) is 0 Å². The van der Waals surface area contributed by atoms with Crippen LogP contribution in [0.3, 0.4) is 0 Å². The van der Waals surface area contributed by atoms with Crippen molar-refractivity contribution >= 4 is 11.9 Å². The zero-order valence-electron chi connectivity index (χ0n) is 6.13. The molecule has 0 fully saturated rings. The summed E-state index contributed by atoms with van der Waals surface area (Å²) >= 11 is 0. The molecule has 0 aliphatic heterocycles. The molecule has 1 aromatic rings. The maximum atomic E-state index is 10.2. The third-order valence-corrected chi connectivity index (χ3v) is 1.38. The number of aryl methyl sites for hydroxylation is 1. The van der Waals surface area contributed by atoms with Gasteiger partial charge in [-0.25, -0.2) is 0 Å². The molecule has 0 atom stereocenters. The summed E-state index contributed by atoms with van der Waals surface area (Å²) in [5.41, 5.74) is 5.93. The molecular weight excluding hydrogens is 146 g/mol. The highest BCUT2D eigenvalue weighted by atomic mass is 16.4. The van der Waals surface area contributed by atoms with E-state index in [0.29, 0.717) is 11.3 Å². The molecule has 0 aliphatic carbocycles. The molecule has 0 aromatic carbocycles. The summed E-state index contributed by atoms with van der Waals surface area (Å²) < 4.78 is 4.93. The van der Waals surface area contributed by atoms with Crippen molar-refractivity contribution < 1.29 is 14.3 Å². The first-order valence-corrected chi connectivity index (χ1v) is 3.16. The number of carboxylic acids is 1. The van der Waals surface area contributed by atoms with Gasteiger partial charge in [0.2, 0.25) is 0 Å². The van der Waals surface area contributed by atoms with Crippen LogP contribution >= 0.6 is 0 Å². The van der Waals surface area contributed by atoms with Gasteiger partial charge in [0.15, 0.2) is 5.88 Å². The average molecular weight is 155 g/mol. The molecule has 4 nitrogen and oxygen atoms in total. The van der Waals surface area contributed by atoms with Crippen molar-refractivity contribution in [2.24, 2.45) is 0 Å². The first kappa shape index (κ1) is 7.65. The predicted octanol–water partition coefficient (Wildman–Crippen LogP) is 0.797. The maximum Gasteiger partial charge on any atom is 0.307 e. The lowest BCUT2D eigenvalue weighted by atomic mass is 10.2. The Kier molecular flexibility index (Phi) is 1.85. The van der Waals surface area contributed by atoms with Crippen LogP contribution in [0.5, 0.6) is 0 Å². The largest absolute Gasteiger partial charge is 0.481 e. The lowest BCUT2D eigenvalue weighted by Crippen LogP contribution is -1.99. The summed E-state index contributed by atoms with van der Waals surface area (Å²) in [7, 11) is 0. The fraction of sp³-hybridized carbons (Fsp3) is 0.286. The summed E-state index contributed by atoms with van der Waals surface area (Å²) in [4.78, 5) is 10.2. The lowest BCUT2D eigenvalue weighted by molar-refractivity contribution is -0.136. The molecule has 0 spiro atoms. The van der Waals surface area contributed by atoms with E-state index in [9.17, 15) is 4.79 Å². The normalized spacial score (nSPS) is 9.91. The highest BCUT2D eigenvalue weighted by Crippen LogP contribution is 2.16. The van der Waals surface area contributed by atoms with Crippen LogP contribution in [0.2, 0.25) is 0 Å². The number of nitrogen functional groups attached to an aromatic ring is 1. The van der Waals surface area contributed by atoms with E-state index in [1.165, 1.54) is 6.07 Å². The van der Waals surface area contributed by atoms with E-state index in [4.69, 9.17) is 15.3 Å². The van der Waals surface area contributed by atoms with Crippen molar-refractivity contribution in [3.63, 3.8) is 0 Å². The van der Waals surface area contributed by atoms with Crippen molar-refractivity contribution in [3.8, 4) is 0 Å². The van der Waals surface area contributed by atoms with Crippen molar-refractivity contribution in [1.82, 2.24) is 0 Å². The summed E-state index contributed by atoms with van der Waals surface area (Å²) in [5, 5.41) is 8.42. The fourth-order valence-electron chi connectivity index (χ4n) is 0.884. The average Bonchev–Trinajstić information content (AvgIpc) is 2.09. The first-order chi connectivity index (χ1) is 5.09. The Hall–Kier alpha value is -1.45. The Labute approximate surface area is 63.6 Å². The number of carbonyl (C=O) groups is 1. The van der Waals surface area contributed by atoms with E-state index in [-0.39, 0.29) is 12.3 Å². The molecule has 1 heterocycles. The van der Waals surface area contributed by atoms with Gasteiger partial charge in [-0.3, -0.25) is 4.79 Å². The van der Waals surface area contributed by atoms with Crippen LogP contribution in [0.4, 0.5) is 5.88 Å². The summed E-state index contributed by atoms with van der Waals surface area (Å²) in [6.07, 6.45) is -0.0352. The minimum atomic E-state index is -0.881. The van der Waals surface area contributed by atoms with Crippen LogP contribution in [0, 0.1) is 6.92 Å². The first-order valence-electron chi connectivity index (χ1n) is 3.16. The Balaban J connectivity index is 2.85. The number of rotatable bonds is 2. The van der Waals surface area contributed by atoms with Gasteiger partial charge in [-0.05, 0) is 6.92 Å². The predicted molar refractivity (Wildman–Crippen MR) is 39.2 cm³/mol.